The van der Waals surface area contributed by atoms with Gasteiger partial charge in [-0.25, -0.2) is 0 Å². The van der Waals surface area contributed by atoms with Crippen LogP contribution in [0.5, 0.6) is 0 Å². The van der Waals surface area contributed by atoms with Crippen LogP contribution in [0.1, 0.15) is 19.4 Å². The van der Waals surface area contributed by atoms with Crippen molar-refractivity contribution in [3.05, 3.63) is 35.9 Å². The van der Waals surface area contributed by atoms with Gasteiger partial charge in [-0.05, 0) is 24.7 Å². The first-order valence-corrected chi connectivity index (χ1v) is 10.3. The molecule has 0 unspecified atom stereocenters. The molecule has 0 bridgehead atoms. The summed E-state index contributed by atoms with van der Waals surface area (Å²) in [5.41, 5.74) is 1.02. The zero-order chi connectivity index (χ0) is 17.4. The van der Waals surface area contributed by atoms with Gasteiger partial charge in [0.05, 0.1) is 11.8 Å². The molecule has 1 atom stereocenters. The second-order valence-corrected chi connectivity index (χ2v) is 8.69. The lowest BCUT2D eigenvalue weighted by Crippen LogP contribution is -2.42. The van der Waals surface area contributed by atoms with Crippen LogP contribution in [0.4, 0.5) is 0 Å². The standard InChI is InChI=1S/C16H19N3O2S3/c1-3-22-15-18-19-16(24-15)23-10-14(21)17-13(11(2)20)9-12-7-5-4-6-8-12/h4-8,13H,3,9-10H2,1-2H3,(H,17,21)/t13-/m1/s1. The highest BCUT2D eigenvalue weighted by Crippen LogP contribution is 2.28. The molecule has 0 aliphatic carbocycles. The van der Waals surface area contributed by atoms with Gasteiger partial charge in [0.1, 0.15) is 0 Å². The number of aromatic nitrogens is 2. The molecule has 5 nitrogen and oxygen atoms in total. The number of rotatable bonds is 9. The third-order valence-corrected chi connectivity index (χ3v) is 6.16. The van der Waals surface area contributed by atoms with Crippen LogP contribution in [0, 0.1) is 0 Å². The molecule has 2 aromatic rings. The third-order valence-electron chi connectivity index (χ3n) is 3.09. The molecule has 0 fully saturated rings. The number of carbonyl (C=O) groups is 2. The van der Waals surface area contributed by atoms with E-state index < -0.39 is 6.04 Å². The minimum absolute atomic E-state index is 0.0465. The summed E-state index contributed by atoms with van der Waals surface area (Å²) >= 11 is 4.46. The first-order chi connectivity index (χ1) is 11.6. The molecule has 128 valence electrons. The zero-order valence-electron chi connectivity index (χ0n) is 13.5. The van der Waals surface area contributed by atoms with E-state index in [1.54, 1.807) is 11.8 Å². The molecule has 1 aromatic carbocycles. The number of nitrogens with zero attached hydrogens (tertiary/aromatic N) is 2. The number of ketones is 1. The Hall–Kier alpha value is -1.38. The van der Waals surface area contributed by atoms with Gasteiger partial charge in [-0.15, -0.1) is 10.2 Å². The van der Waals surface area contributed by atoms with Crippen molar-refractivity contribution in [1.29, 1.82) is 0 Å². The van der Waals surface area contributed by atoms with Crippen LogP contribution in [0.15, 0.2) is 39.0 Å². The van der Waals surface area contributed by atoms with Gasteiger partial charge in [0.15, 0.2) is 14.5 Å². The summed E-state index contributed by atoms with van der Waals surface area (Å²) in [4.78, 5) is 23.9. The Balaban J connectivity index is 1.85. The minimum Gasteiger partial charge on any atom is -0.345 e. The Morgan fingerprint density at radius 1 is 1.17 bits per heavy atom. The van der Waals surface area contributed by atoms with Gasteiger partial charge in [-0.3, -0.25) is 9.59 Å². The SMILES string of the molecule is CCSc1nnc(SCC(=O)N[C@H](Cc2ccccc2)C(C)=O)s1. The molecule has 2 rings (SSSR count). The first-order valence-electron chi connectivity index (χ1n) is 7.51. The maximum atomic E-state index is 12.1. The molecule has 0 spiro atoms. The number of benzene rings is 1. The molecular weight excluding hydrogens is 362 g/mol. The smallest absolute Gasteiger partial charge is 0.231 e. The van der Waals surface area contributed by atoms with Crippen molar-refractivity contribution < 1.29 is 9.59 Å². The van der Waals surface area contributed by atoms with E-state index in [2.05, 4.69) is 22.4 Å². The molecule has 0 aliphatic rings. The largest absolute Gasteiger partial charge is 0.345 e. The quantitative estimate of drug-likeness (QED) is 0.673. The van der Waals surface area contributed by atoms with E-state index in [1.807, 2.05) is 30.3 Å². The van der Waals surface area contributed by atoms with Gasteiger partial charge in [0.25, 0.3) is 0 Å². The van der Waals surface area contributed by atoms with Crippen molar-refractivity contribution in [1.82, 2.24) is 15.5 Å². The number of amides is 1. The van der Waals surface area contributed by atoms with Crippen LogP contribution < -0.4 is 5.32 Å². The fraction of sp³-hybridized carbons (Fsp3) is 0.375. The van der Waals surface area contributed by atoms with Gasteiger partial charge < -0.3 is 5.32 Å². The average molecular weight is 382 g/mol. The molecule has 0 radical (unpaired) electrons. The molecule has 0 saturated carbocycles. The van der Waals surface area contributed by atoms with Crippen molar-refractivity contribution in [3.8, 4) is 0 Å². The topological polar surface area (TPSA) is 72.0 Å². The molecule has 1 N–H and O–H groups in total. The molecule has 1 aromatic heterocycles. The second kappa shape index (κ2) is 9.80. The Kier molecular flexibility index (Phi) is 7.74. The van der Waals surface area contributed by atoms with Gasteiger partial charge in [-0.2, -0.15) is 0 Å². The summed E-state index contributed by atoms with van der Waals surface area (Å²) in [5, 5.41) is 10.9. The van der Waals surface area contributed by atoms with E-state index in [9.17, 15) is 9.59 Å². The Bertz CT molecular complexity index is 676. The molecule has 1 heterocycles. The molecule has 0 aliphatic heterocycles. The zero-order valence-corrected chi connectivity index (χ0v) is 16.0. The van der Waals surface area contributed by atoms with Gasteiger partial charge in [-0.1, -0.05) is 72.1 Å². The van der Waals surface area contributed by atoms with Crippen LogP contribution in [0.3, 0.4) is 0 Å². The lowest BCUT2D eigenvalue weighted by atomic mass is 10.0. The van der Waals surface area contributed by atoms with E-state index in [-0.39, 0.29) is 17.4 Å². The van der Waals surface area contributed by atoms with Crippen molar-refractivity contribution in [2.45, 2.75) is 35.0 Å². The molecule has 0 saturated heterocycles. The second-order valence-electron chi connectivity index (χ2n) is 4.98. The van der Waals surface area contributed by atoms with Gasteiger partial charge in [0.2, 0.25) is 5.91 Å². The van der Waals surface area contributed by atoms with Crippen molar-refractivity contribution in [2.24, 2.45) is 0 Å². The summed E-state index contributed by atoms with van der Waals surface area (Å²) in [6, 6.07) is 9.17. The number of hydrogen-bond acceptors (Lipinski definition) is 7. The number of hydrogen-bond donors (Lipinski definition) is 1. The summed E-state index contributed by atoms with van der Waals surface area (Å²) in [5.74, 6) is 0.953. The van der Waals surface area contributed by atoms with E-state index >= 15 is 0 Å². The third kappa shape index (κ3) is 6.26. The van der Waals surface area contributed by atoms with Gasteiger partial charge >= 0.3 is 0 Å². The predicted octanol–water partition coefficient (Wildman–Crippen LogP) is 3.06. The van der Waals surface area contributed by atoms with Crippen molar-refractivity contribution in [2.75, 3.05) is 11.5 Å². The number of nitrogens with one attached hydrogen (secondary N) is 1. The fourth-order valence-electron chi connectivity index (χ4n) is 1.95. The van der Waals surface area contributed by atoms with Crippen molar-refractivity contribution in [3.63, 3.8) is 0 Å². The summed E-state index contributed by atoms with van der Waals surface area (Å²) < 4.78 is 1.68. The Morgan fingerprint density at radius 2 is 1.83 bits per heavy atom. The molecular formula is C16H19N3O2S3. The normalized spacial score (nSPS) is 11.9. The number of carbonyl (C=O) groups excluding carboxylic acids is 2. The minimum atomic E-state index is -0.499. The average Bonchev–Trinajstić information content (AvgIpc) is 3.01. The monoisotopic (exact) mass is 381 g/mol. The number of Topliss-reactive ketones (excluding diaryl/α,β-unsaturated/α-hetero) is 1. The van der Waals surface area contributed by atoms with Gasteiger partial charge in [0, 0.05) is 0 Å². The lowest BCUT2D eigenvalue weighted by molar-refractivity contribution is -0.125. The van der Waals surface area contributed by atoms with E-state index in [4.69, 9.17) is 0 Å². The maximum absolute atomic E-state index is 12.1. The van der Waals surface area contributed by atoms with E-state index in [0.29, 0.717) is 6.42 Å². The van der Waals surface area contributed by atoms with Crippen LogP contribution in [-0.4, -0.2) is 39.4 Å². The molecule has 8 heteroatoms. The summed E-state index contributed by atoms with van der Waals surface area (Å²) in [7, 11) is 0. The summed E-state index contributed by atoms with van der Waals surface area (Å²) in [6.07, 6.45) is 0.503. The molecule has 24 heavy (non-hydrogen) atoms. The molecule has 1 amide bonds. The number of thioether (sulfide) groups is 2. The van der Waals surface area contributed by atoms with Crippen LogP contribution in [0.25, 0.3) is 0 Å². The fourth-order valence-corrected chi connectivity index (χ4v) is 4.68. The highest BCUT2D eigenvalue weighted by Gasteiger charge is 2.18. The van der Waals surface area contributed by atoms with Crippen LogP contribution >= 0.6 is 34.9 Å². The Morgan fingerprint density at radius 3 is 2.46 bits per heavy atom. The van der Waals surface area contributed by atoms with E-state index in [1.165, 1.54) is 30.0 Å². The highest BCUT2D eigenvalue weighted by molar-refractivity contribution is 8.03. The highest BCUT2D eigenvalue weighted by atomic mass is 32.2. The maximum Gasteiger partial charge on any atom is 0.231 e. The van der Waals surface area contributed by atoms with Crippen LogP contribution in [-0.2, 0) is 16.0 Å². The first kappa shape index (κ1) is 19.0. The Labute approximate surface area is 154 Å². The van der Waals surface area contributed by atoms with E-state index in [0.717, 1.165) is 20.0 Å². The lowest BCUT2D eigenvalue weighted by Gasteiger charge is -2.15. The van der Waals surface area contributed by atoms with Crippen LogP contribution in [0.2, 0.25) is 0 Å². The summed E-state index contributed by atoms with van der Waals surface area (Å²) in [6.45, 7) is 3.56. The predicted molar refractivity (Wildman–Crippen MR) is 99.8 cm³/mol. The van der Waals surface area contributed by atoms with Crippen molar-refractivity contribution >= 4 is 46.6 Å².